The quantitative estimate of drug-likeness (QED) is 0.561. The average molecular weight is 448 g/mol. The van der Waals surface area contributed by atoms with Gasteiger partial charge in [0.25, 0.3) is 0 Å². The standard InChI is InChI=1S/C21H22ClN3O4S/c1-12(2)17-10-16(21(26)29-3)18-19(13-4-6-14(22)7-5-13)24-25(20(18)23-17)15-8-9-30(27,28)11-15/h4-7,10,12,15H,8-9,11H2,1-3H3/t15-/m0/s1. The number of benzene rings is 1. The summed E-state index contributed by atoms with van der Waals surface area (Å²) in [5.74, 6) is -0.306. The van der Waals surface area contributed by atoms with E-state index in [0.717, 1.165) is 5.56 Å². The van der Waals surface area contributed by atoms with Crippen molar-refractivity contribution in [1.29, 1.82) is 0 Å². The first-order chi connectivity index (χ1) is 14.2. The molecule has 0 spiro atoms. The number of hydrogen-bond acceptors (Lipinski definition) is 6. The molecule has 30 heavy (non-hydrogen) atoms. The van der Waals surface area contributed by atoms with Gasteiger partial charge in [-0.2, -0.15) is 5.10 Å². The maximum atomic E-state index is 12.7. The Kier molecular flexibility index (Phi) is 5.32. The Morgan fingerprint density at radius 2 is 1.97 bits per heavy atom. The Morgan fingerprint density at radius 1 is 1.27 bits per heavy atom. The third kappa shape index (κ3) is 3.70. The van der Waals surface area contributed by atoms with E-state index in [4.69, 9.17) is 26.4 Å². The van der Waals surface area contributed by atoms with Gasteiger partial charge in [-0.3, -0.25) is 0 Å². The van der Waals surface area contributed by atoms with Crippen LogP contribution in [-0.2, 0) is 14.6 Å². The zero-order valence-corrected chi connectivity index (χ0v) is 18.5. The molecule has 2 aromatic heterocycles. The van der Waals surface area contributed by atoms with Crippen LogP contribution in [0.15, 0.2) is 30.3 Å². The number of fused-ring (bicyclic) bond motifs is 1. The smallest absolute Gasteiger partial charge is 0.338 e. The van der Waals surface area contributed by atoms with Crippen molar-refractivity contribution >= 4 is 38.4 Å². The van der Waals surface area contributed by atoms with Gasteiger partial charge < -0.3 is 4.74 Å². The first kappa shape index (κ1) is 20.8. The first-order valence-corrected chi connectivity index (χ1v) is 11.9. The van der Waals surface area contributed by atoms with Gasteiger partial charge in [0.2, 0.25) is 0 Å². The number of hydrogen-bond donors (Lipinski definition) is 0. The molecule has 0 aliphatic carbocycles. The van der Waals surface area contributed by atoms with Crippen molar-refractivity contribution in [3.63, 3.8) is 0 Å². The zero-order chi connectivity index (χ0) is 21.6. The van der Waals surface area contributed by atoms with E-state index in [2.05, 4.69) is 0 Å². The monoisotopic (exact) mass is 447 g/mol. The lowest BCUT2D eigenvalue weighted by Gasteiger charge is -2.12. The molecular formula is C21H22ClN3O4S. The molecule has 3 heterocycles. The van der Waals surface area contributed by atoms with Crippen LogP contribution in [0.5, 0.6) is 0 Å². The minimum absolute atomic E-state index is 0.00494. The van der Waals surface area contributed by atoms with Crippen molar-refractivity contribution in [2.75, 3.05) is 18.6 Å². The van der Waals surface area contributed by atoms with Gasteiger partial charge in [0, 0.05) is 16.3 Å². The summed E-state index contributed by atoms with van der Waals surface area (Å²) < 4.78 is 30.9. The van der Waals surface area contributed by atoms with E-state index in [1.54, 1.807) is 22.9 Å². The molecule has 0 saturated carbocycles. The molecule has 1 fully saturated rings. The number of carbonyl (C=O) groups excluding carboxylic acids is 1. The lowest BCUT2D eigenvalue weighted by molar-refractivity contribution is 0.0602. The van der Waals surface area contributed by atoms with Gasteiger partial charge in [-0.25, -0.2) is 22.9 Å². The number of nitrogens with zero attached hydrogens (tertiary/aromatic N) is 3. The fourth-order valence-corrected chi connectivity index (χ4v) is 5.57. The topological polar surface area (TPSA) is 91.2 Å². The number of carbonyl (C=O) groups is 1. The van der Waals surface area contributed by atoms with Crippen LogP contribution in [-0.4, -0.2) is 47.8 Å². The largest absolute Gasteiger partial charge is 0.465 e. The molecule has 1 aromatic carbocycles. The number of methoxy groups -OCH3 is 1. The molecule has 4 rings (SSSR count). The van der Waals surface area contributed by atoms with E-state index < -0.39 is 15.8 Å². The van der Waals surface area contributed by atoms with Gasteiger partial charge in [0.15, 0.2) is 15.5 Å². The van der Waals surface area contributed by atoms with Gasteiger partial charge in [0.05, 0.1) is 35.6 Å². The highest BCUT2D eigenvalue weighted by Gasteiger charge is 2.33. The normalized spacial score (nSPS) is 18.2. The molecule has 1 saturated heterocycles. The van der Waals surface area contributed by atoms with E-state index >= 15 is 0 Å². The Hall–Kier alpha value is -2.45. The van der Waals surface area contributed by atoms with E-state index in [1.165, 1.54) is 7.11 Å². The number of ether oxygens (including phenoxy) is 1. The van der Waals surface area contributed by atoms with Crippen molar-refractivity contribution in [2.24, 2.45) is 0 Å². The number of rotatable bonds is 4. The second kappa shape index (κ2) is 7.67. The summed E-state index contributed by atoms with van der Waals surface area (Å²) in [5.41, 5.74) is 2.88. The Bertz CT molecular complexity index is 1230. The zero-order valence-electron chi connectivity index (χ0n) is 16.9. The molecule has 0 bridgehead atoms. The summed E-state index contributed by atoms with van der Waals surface area (Å²) in [6.07, 6.45) is 0.459. The van der Waals surface area contributed by atoms with Crippen LogP contribution < -0.4 is 0 Å². The lowest BCUT2D eigenvalue weighted by Crippen LogP contribution is -2.14. The fourth-order valence-electron chi connectivity index (χ4n) is 3.75. The predicted molar refractivity (Wildman–Crippen MR) is 116 cm³/mol. The molecule has 7 nitrogen and oxygen atoms in total. The van der Waals surface area contributed by atoms with Crippen LogP contribution in [0, 0.1) is 0 Å². The molecule has 1 aliphatic heterocycles. The van der Waals surface area contributed by atoms with Gasteiger partial charge in [-0.1, -0.05) is 37.6 Å². The number of halogens is 1. The van der Waals surface area contributed by atoms with Crippen LogP contribution in [0.3, 0.4) is 0 Å². The first-order valence-electron chi connectivity index (χ1n) is 9.68. The van der Waals surface area contributed by atoms with Crippen LogP contribution >= 0.6 is 11.6 Å². The van der Waals surface area contributed by atoms with Gasteiger partial charge in [0.1, 0.15) is 5.69 Å². The van der Waals surface area contributed by atoms with Crippen molar-refractivity contribution in [3.8, 4) is 11.3 Å². The minimum Gasteiger partial charge on any atom is -0.465 e. The number of esters is 1. The second-order valence-corrected chi connectivity index (χ2v) is 10.5. The molecule has 1 aliphatic rings. The molecular weight excluding hydrogens is 426 g/mol. The summed E-state index contributed by atoms with van der Waals surface area (Å²) in [4.78, 5) is 17.4. The lowest BCUT2D eigenvalue weighted by atomic mass is 10.0. The number of aromatic nitrogens is 3. The third-order valence-electron chi connectivity index (χ3n) is 5.35. The molecule has 3 aromatic rings. The number of sulfone groups is 1. The summed E-state index contributed by atoms with van der Waals surface area (Å²) in [7, 11) is -1.80. The Balaban J connectivity index is 2.05. The average Bonchev–Trinajstić information content (AvgIpc) is 3.27. The maximum Gasteiger partial charge on any atom is 0.338 e. The summed E-state index contributed by atoms with van der Waals surface area (Å²) >= 11 is 6.04. The fraction of sp³-hybridized carbons (Fsp3) is 0.381. The van der Waals surface area contributed by atoms with E-state index in [9.17, 15) is 13.2 Å². The van der Waals surface area contributed by atoms with E-state index in [-0.39, 0.29) is 23.5 Å². The third-order valence-corrected chi connectivity index (χ3v) is 7.35. The SMILES string of the molecule is COC(=O)c1cc(C(C)C)nc2c1c(-c1ccc(Cl)cc1)nn2[C@H]1CCS(=O)(=O)C1. The molecule has 1 atom stereocenters. The Morgan fingerprint density at radius 3 is 2.53 bits per heavy atom. The highest BCUT2D eigenvalue weighted by molar-refractivity contribution is 7.91. The van der Waals surface area contributed by atoms with E-state index in [1.807, 2.05) is 26.0 Å². The van der Waals surface area contributed by atoms with Gasteiger partial charge in [-0.15, -0.1) is 0 Å². The molecule has 0 N–H and O–H groups in total. The summed E-state index contributed by atoms with van der Waals surface area (Å²) in [5, 5.41) is 5.89. The van der Waals surface area contributed by atoms with Crippen molar-refractivity contribution in [1.82, 2.24) is 14.8 Å². The molecule has 158 valence electrons. The highest BCUT2D eigenvalue weighted by atomic mass is 35.5. The molecule has 9 heteroatoms. The summed E-state index contributed by atoms with van der Waals surface area (Å²) in [6.45, 7) is 3.96. The molecule has 0 amide bonds. The highest BCUT2D eigenvalue weighted by Crippen LogP contribution is 2.36. The van der Waals surface area contributed by atoms with Crippen molar-refractivity contribution in [3.05, 3.63) is 46.6 Å². The molecule has 0 radical (unpaired) electrons. The second-order valence-electron chi connectivity index (χ2n) is 7.80. The van der Waals surface area contributed by atoms with Crippen molar-refractivity contribution < 1.29 is 17.9 Å². The Labute approximate surface area is 179 Å². The van der Waals surface area contributed by atoms with E-state index in [0.29, 0.717) is 39.4 Å². The van der Waals surface area contributed by atoms with Gasteiger partial charge >= 0.3 is 5.97 Å². The summed E-state index contributed by atoms with van der Waals surface area (Å²) in [6, 6.07) is 8.52. The van der Waals surface area contributed by atoms with Crippen molar-refractivity contribution in [2.45, 2.75) is 32.2 Å². The van der Waals surface area contributed by atoms with Crippen LogP contribution in [0.25, 0.3) is 22.3 Å². The van der Waals surface area contributed by atoms with Gasteiger partial charge in [-0.05, 0) is 30.5 Å². The number of pyridine rings is 1. The van der Waals surface area contributed by atoms with Crippen LogP contribution in [0.2, 0.25) is 5.02 Å². The molecule has 0 unspecified atom stereocenters. The van der Waals surface area contributed by atoms with Crippen LogP contribution in [0.1, 0.15) is 48.3 Å². The predicted octanol–water partition coefficient (Wildman–Crippen LogP) is 4.02. The minimum atomic E-state index is -3.13. The van der Waals surface area contributed by atoms with Crippen LogP contribution in [0.4, 0.5) is 0 Å². The maximum absolute atomic E-state index is 12.7.